The standard InChI is InChI=1S/C29H33N5O2/c1-33-9-11-34(12-10-33)17-20-13-18(4-6-25(20)36-2)23-14-22-19(16-30-23)3-5-21-26-24(31-27(21)22)15-29(7-8-29)32-28(26)35/h4,6,13-14,16,31H,3,5,7-12,15,17H2,1-2H3,(H,32,35). The Kier molecular flexibility index (Phi) is 5.02. The lowest BCUT2D eigenvalue weighted by atomic mass is 9.87. The normalized spacial score (nSPS) is 20.4. The van der Waals surface area contributed by atoms with Gasteiger partial charge in [0, 0.05) is 73.3 Å². The Balaban J connectivity index is 1.24. The fourth-order valence-electron chi connectivity index (χ4n) is 6.26. The Hall–Kier alpha value is -3.16. The van der Waals surface area contributed by atoms with E-state index in [9.17, 15) is 4.79 Å². The van der Waals surface area contributed by atoms with Crippen LogP contribution in [-0.4, -0.2) is 71.6 Å². The number of nitrogens with zero attached hydrogens (tertiary/aromatic N) is 3. The Morgan fingerprint density at radius 3 is 2.72 bits per heavy atom. The van der Waals surface area contributed by atoms with Crippen LogP contribution >= 0.6 is 0 Å². The number of carbonyl (C=O) groups is 1. The minimum absolute atomic E-state index is 0.00698. The number of aromatic nitrogens is 2. The SMILES string of the molecule is COc1ccc(-c2cc3c(cn2)CCc2c-3[nH]c3c2C(=O)NC2(CC2)C3)cc1CN1CCN(C)CC1. The van der Waals surface area contributed by atoms with Crippen LogP contribution in [0.25, 0.3) is 22.5 Å². The molecule has 4 aliphatic rings. The molecule has 7 nitrogen and oxygen atoms in total. The van der Waals surface area contributed by atoms with E-state index in [1.807, 2.05) is 6.20 Å². The average molecular weight is 484 g/mol. The second-order valence-corrected chi connectivity index (χ2v) is 11.1. The number of hydrogen-bond donors (Lipinski definition) is 2. The largest absolute Gasteiger partial charge is 0.496 e. The number of aromatic amines is 1. The molecule has 1 amide bonds. The van der Waals surface area contributed by atoms with E-state index in [4.69, 9.17) is 9.72 Å². The fraction of sp³-hybridized carbons (Fsp3) is 0.448. The number of carbonyl (C=O) groups excluding carboxylic acids is 1. The van der Waals surface area contributed by atoms with Gasteiger partial charge in [-0.25, -0.2) is 0 Å². The number of benzene rings is 1. The smallest absolute Gasteiger partial charge is 0.253 e. The summed E-state index contributed by atoms with van der Waals surface area (Å²) in [6, 6.07) is 8.62. The van der Waals surface area contributed by atoms with Crippen LogP contribution in [0.3, 0.4) is 0 Å². The van der Waals surface area contributed by atoms with Gasteiger partial charge in [-0.3, -0.25) is 14.7 Å². The van der Waals surface area contributed by atoms with Gasteiger partial charge in [-0.05, 0) is 68.1 Å². The summed E-state index contributed by atoms with van der Waals surface area (Å²) in [5.74, 6) is 1.03. The van der Waals surface area contributed by atoms with Gasteiger partial charge in [-0.1, -0.05) is 0 Å². The number of pyridine rings is 1. The highest BCUT2D eigenvalue weighted by Crippen LogP contribution is 2.45. The molecule has 36 heavy (non-hydrogen) atoms. The maximum atomic E-state index is 13.0. The van der Waals surface area contributed by atoms with E-state index in [0.717, 1.165) is 98.8 Å². The van der Waals surface area contributed by atoms with Crippen molar-refractivity contribution in [1.82, 2.24) is 25.1 Å². The molecule has 0 bridgehead atoms. The lowest BCUT2D eigenvalue weighted by Crippen LogP contribution is -2.43. The van der Waals surface area contributed by atoms with Crippen molar-refractivity contribution in [2.24, 2.45) is 0 Å². The zero-order valence-corrected chi connectivity index (χ0v) is 21.1. The molecule has 7 heteroatoms. The first-order valence-electron chi connectivity index (χ1n) is 13.2. The van der Waals surface area contributed by atoms with Crippen molar-refractivity contribution >= 4 is 5.91 Å². The number of piperazine rings is 1. The number of rotatable bonds is 4. The quantitative estimate of drug-likeness (QED) is 0.595. The summed E-state index contributed by atoms with van der Waals surface area (Å²) in [7, 11) is 3.93. The molecule has 0 radical (unpaired) electrons. The summed E-state index contributed by atoms with van der Waals surface area (Å²) in [5.41, 5.74) is 9.99. The van der Waals surface area contributed by atoms with Crippen LogP contribution in [-0.2, 0) is 25.8 Å². The van der Waals surface area contributed by atoms with Gasteiger partial charge in [-0.2, -0.15) is 0 Å². The minimum Gasteiger partial charge on any atom is -0.496 e. The third-order valence-corrected chi connectivity index (χ3v) is 8.62. The summed E-state index contributed by atoms with van der Waals surface area (Å²) in [4.78, 5) is 26.4. The summed E-state index contributed by atoms with van der Waals surface area (Å²) in [6.07, 6.45) is 6.91. The third kappa shape index (κ3) is 3.64. The molecule has 7 rings (SSSR count). The van der Waals surface area contributed by atoms with E-state index in [1.54, 1.807) is 7.11 Å². The van der Waals surface area contributed by atoms with Crippen LogP contribution in [0.15, 0.2) is 30.5 Å². The van der Waals surface area contributed by atoms with Crippen molar-refractivity contribution in [3.05, 3.63) is 58.4 Å². The molecule has 4 heterocycles. The Morgan fingerprint density at radius 1 is 1.11 bits per heavy atom. The summed E-state index contributed by atoms with van der Waals surface area (Å²) in [5, 5.41) is 3.28. The minimum atomic E-state index is 0.00698. The van der Waals surface area contributed by atoms with E-state index >= 15 is 0 Å². The number of amides is 1. The summed E-state index contributed by atoms with van der Waals surface area (Å²) < 4.78 is 5.71. The molecule has 2 N–H and O–H groups in total. The molecule has 2 aliphatic heterocycles. The first kappa shape index (κ1) is 22.1. The second kappa shape index (κ2) is 8.18. The van der Waals surface area contributed by atoms with Gasteiger partial charge in [0.25, 0.3) is 5.91 Å². The molecular formula is C29H33N5O2. The topological polar surface area (TPSA) is 73.5 Å². The lowest BCUT2D eigenvalue weighted by Gasteiger charge is -2.32. The highest BCUT2D eigenvalue weighted by atomic mass is 16.5. The molecule has 1 saturated carbocycles. The zero-order chi connectivity index (χ0) is 24.4. The lowest BCUT2D eigenvalue weighted by molar-refractivity contribution is 0.0917. The van der Waals surface area contributed by atoms with Crippen molar-refractivity contribution in [3.8, 4) is 28.3 Å². The summed E-state index contributed by atoms with van der Waals surface area (Å²) >= 11 is 0. The fourth-order valence-corrected chi connectivity index (χ4v) is 6.26. The van der Waals surface area contributed by atoms with Gasteiger partial charge in [0.05, 0.1) is 24.1 Å². The van der Waals surface area contributed by atoms with Crippen molar-refractivity contribution in [2.45, 2.75) is 44.2 Å². The number of aryl methyl sites for hydroxylation is 1. The number of likely N-dealkylation sites (N-methyl/N-ethyl adjacent to an activating group) is 1. The van der Waals surface area contributed by atoms with Crippen molar-refractivity contribution in [3.63, 3.8) is 0 Å². The van der Waals surface area contributed by atoms with Crippen molar-refractivity contribution in [2.75, 3.05) is 40.3 Å². The Bertz CT molecular complexity index is 1360. The Morgan fingerprint density at radius 2 is 1.94 bits per heavy atom. The van der Waals surface area contributed by atoms with Gasteiger partial charge in [0.2, 0.25) is 0 Å². The average Bonchev–Trinajstić information content (AvgIpc) is 3.51. The number of nitrogens with one attached hydrogen (secondary N) is 2. The molecule has 0 atom stereocenters. The monoisotopic (exact) mass is 483 g/mol. The maximum Gasteiger partial charge on any atom is 0.253 e. The van der Waals surface area contributed by atoms with Gasteiger partial charge in [0.15, 0.2) is 0 Å². The molecule has 186 valence electrons. The summed E-state index contributed by atoms with van der Waals surface area (Å²) in [6.45, 7) is 5.19. The third-order valence-electron chi connectivity index (χ3n) is 8.62. The van der Waals surface area contributed by atoms with Gasteiger partial charge in [0.1, 0.15) is 5.75 Å². The molecule has 3 aromatic rings. The van der Waals surface area contributed by atoms with E-state index in [1.165, 1.54) is 22.3 Å². The van der Waals surface area contributed by atoms with E-state index in [2.05, 4.69) is 51.4 Å². The molecular weight excluding hydrogens is 450 g/mol. The second-order valence-electron chi connectivity index (χ2n) is 11.1. The van der Waals surface area contributed by atoms with Gasteiger partial charge >= 0.3 is 0 Å². The highest BCUT2D eigenvalue weighted by Gasteiger charge is 2.49. The molecule has 2 fully saturated rings. The number of fused-ring (bicyclic) bond motifs is 5. The van der Waals surface area contributed by atoms with Crippen LogP contribution in [0.4, 0.5) is 0 Å². The maximum absolute atomic E-state index is 13.0. The van der Waals surface area contributed by atoms with Crippen LogP contribution in [0.5, 0.6) is 5.75 Å². The molecule has 1 saturated heterocycles. The molecule has 0 unspecified atom stereocenters. The van der Waals surface area contributed by atoms with Crippen LogP contribution in [0.2, 0.25) is 0 Å². The predicted molar refractivity (Wildman–Crippen MR) is 139 cm³/mol. The van der Waals surface area contributed by atoms with Gasteiger partial charge < -0.3 is 19.9 Å². The predicted octanol–water partition coefficient (Wildman–Crippen LogP) is 3.42. The number of H-pyrrole nitrogens is 1. The first-order chi connectivity index (χ1) is 17.5. The number of hydrogen-bond acceptors (Lipinski definition) is 5. The molecule has 1 spiro atoms. The van der Waals surface area contributed by atoms with Crippen molar-refractivity contribution in [1.29, 1.82) is 0 Å². The number of methoxy groups -OCH3 is 1. The zero-order valence-electron chi connectivity index (χ0n) is 21.1. The highest BCUT2D eigenvalue weighted by molar-refractivity contribution is 6.01. The molecule has 1 aromatic carbocycles. The van der Waals surface area contributed by atoms with Crippen LogP contribution in [0.1, 0.15) is 45.6 Å². The van der Waals surface area contributed by atoms with Gasteiger partial charge in [-0.15, -0.1) is 0 Å². The Labute approximate surface area is 211 Å². The van der Waals surface area contributed by atoms with E-state index < -0.39 is 0 Å². The van der Waals surface area contributed by atoms with Crippen LogP contribution in [0, 0.1) is 0 Å². The van der Waals surface area contributed by atoms with E-state index in [-0.39, 0.29) is 11.4 Å². The first-order valence-corrected chi connectivity index (χ1v) is 13.2. The number of ether oxygens (including phenoxy) is 1. The van der Waals surface area contributed by atoms with Crippen LogP contribution < -0.4 is 10.1 Å². The molecule has 2 aromatic heterocycles. The van der Waals surface area contributed by atoms with E-state index in [0.29, 0.717) is 0 Å². The van der Waals surface area contributed by atoms with Crippen molar-refractivity contribution < 1.29 is 9.53 Å². The molecule has 2 aliphatic carbocycles.